The number of benzene rings is 1. The molecule has 1 aromatic heterocycles. The zero-order chi connectivity index (χ0) is 15.9. The third kappa shape index (κ3) is 2.27. The summed E-state index contributed by atoms with van der Waals surface area (Å²) in [5.41, 5.74) is 0.755. The molecular weight excluding hydrogens is 294 g/mol. The number of nitrogens with one attached hydrogen (secondary N) is 1. The number of esters is 1. The minimum Gasteiger partial charge on any atom is -0.422 e. The molecule has 0 saturated carbocycles. The monoisotopic (exact) mass is 309 g/mol. The van der Waals surface area contributed by atoms with Crippen molar-refractivity contribution in [3.05, 3.63) is 30.5 Å². The molecule has 1 aliphatic rings. The molecule has 1 saturated heterocycles. The number of aliphatic hydroxyl groups is 4. The Bertz CT molecular complexity index is 699. The third-order valence-corrected chi connectivity index (χ3v) is 3.65. The minimum absolute atomic E-state index is 0.227. The first-order chi connectivity index (χ1) is 10.5. The number of carbonyl (C=O) groups excluding carboxylic acids is 1. The van der Waals surface area contributed by atoms with Crippen LogP contribution < -0.4 is 4.74 Å². The number of ether oxygens (including phenoxy) is 2. The van der Waals surface area contributed by atoms with Gasteiger partial charge in [-0.3, -0.25) is 0 Å². The molecule has 1 aromatic carbocycles. The Labute approximate surface area is 124 Å². The first-order valence-corrected chi connectivity index (χ1v) is 6.61. The van der Waals surface area contributed by atoms with E-state index in [1.165, 1.54) is 6.20 Å². The van der Waals surface area contributed by atoms with Crippen molar-refractivity contribution in [2.75, 3.05) is 6.61 Å². The van der Waals surface area contributed by atoms with Crippen LogP contribution in [0.25, 0.3) is 10.9 Å². The number of aromatic nitrogens is 1. The van der Waals surface area contributed by atoms with Crippen LogP contribution in [0.2, 0.25) is 0 Å². The molecule has 8 nitrogen and oxygen atoms in total. The van der Waals surface area contributed by atoms with Crippen LogP contribution in [-0.2, 0) is 9.53 Å². The van der Waals surface area contributed by atoms with Gasteiger partial charge < -0.3 is 34.9 Å². The molecule has 0 spiro atoms. The van der Waals surface area contributed by atoms with Crippen LogP contribution in [0.1, 0.15) is 0 Å². The summed E-state index contributed by atoms with van der Waals surface area (Å²) in [7, 11) is 0. The van der Waals surface area contributed by atoms with Crippen molar-refractivity contribution in [2.24, 2.45) is 0 Å². The second-order valence-corrected chi connectivity index (χ2v) is 5.10. The molecule has 0 aliphatic carbocycles. The highest BCUT2D eigenvalue weighted by Gasteiger charge is 2.56. The molecule has 2 aromatic rings. The Hall–Kier alpha value is -1.97. The Morgan fingerprint density at radius 1 is 1.36 bits per heavy atom. The molecule has 3 rings (SSSR count). The summed E-state index contributed by atoms with van der Waals surface area (Å²) in [5, 5.41) is 38.8. The Morgan fingerprint density at radius 2 is 2.09 bits per heavy atom. The van der Waals surface area contributed by atoms with Gasteiger partial charge in [-0.05, 0) is 12.1 Å². The fourth-order valence-electron chi connectivity index (χ4n) is 2.41. The molecule has 118 valence electrons. The zero-order valence-corrected chi connectivity index (χ0v) is 11.3. The first-order valence-electron chi connectivity index (χ1n) is 6.61. The van der Waals surface area contributed by atoms with Gasteiger partial charge in [0.05, 0.1) is 6.61 Å². The van der Waals surface area contributed by atoms with Crippen molar-refractivity contribution < 1.29 is 34.7 Å². The van der Waals surface area contributed by atoms with E-state index in [2.05, 4.69) is 4.98 Å². The smallest absolute Gasteiger partial charge is 0.343 e. The van der Waals surface area contributed by atoms with E-state index in [0.29, 0.717) is 5.39 Å². The summed E-state index contributed by atoms with van der Waals surface area (Å²) in [6.45, 7) is -0.970. The van der Waals surface area contributed by atoms with Crippen molar-refractivity contribution in [1.29, 1.82) is 0 Å². The SMILES string of the molecule is O=C(Oc1c[nH]c2ccccc12)[C@@H]1O[C@](O)(CO)[C@@H](O)[C@@H]1O. The van der Waals surface area contributed by atoms with Crippen LogP contribution >= 0.6 is 0 Å². The lowest BCUT2D eigenvalue weighted by Gasteiger charge is -2.22. The molecule has 22 heavy (non-hydrogen) atoms. The highest BCUT2D eigenvalue weighted by Crippen LogP contribution is 2.31. The van der Waals surface area contributed by atoms with Gasteiger partial charge in [-0.25, -0.2) is 4.79 Å². The van der Waals surface area contributed by atoms with Gasteiger partial charge in [0.2, 0.25) is 5.79 Å². The molecule has 0 bridgehead atoms. The molecule has 5 N–H and O–H groups in total. The fourth-order valence-corrected chi connectivity index (χ4v) is 2.41. The van der Waals surface area contributed by atoms with E-state index in [9.17, 15) is 20.1 Å². The molecule has 0 unspecified atom stereocenters. The van der Waals surface area contributed by atoms with E-state index in [-0.39, 0.29) is 5.75 Å². The van der Waals surface area contributed by atoms with Gasteiger partial charge in [0.1, 0.15) is 12.2 Å². The summed E-state index contributed by atoms with van der Waals surface area (Å²) < 4.78 is 10.0. The number of hydrogen-bond donors (Lipinski definition) is 5. The minimum atomic E-state index is -2.40. The molecule has 2 heterocycles. The Balaban J connectivity index is 1.80. The molecular formula is C14H15NO7. The van der Waals surface area contributed by atoms with Crippen molar-refractivity contribution in [3.63, 3.8) is 0 Å². The van der Waals surface area contributed by atoms with Gasteiger partial charge in [0.25, 0.3) is 0 Å². The van der Waals surface area contributed by atoms with Gasteiger partial charge in [0, 0.05) is 17.1 Å². The van der Waals surface area contributed by atoms with Gasteiger partial charge in [-0.15, -0.1) is 0 Å². The zero-order valence-electron chi connectivity index (χ0n) is 11.3. The molecule has 4 atom stereocenters. The first kappa shape index (κ1) is 14.9. The Morgan fingerprint density at radius 3 is 2.77 bits per heavy atom. The maximum atomic E-state index is 12.1. The summed E-state index contributed by atoms with van der Waals surface area (Å²) in [5.74, 6) is -3.16. The van der Waals surface area contributed by atoms with Gasteiger partial charge in [-0.2, -0.15) is 0 Å². The van der Waals surface area contributed by atoms with Crippen LogP contribution in [0, 0.1) is 0 Å². The van der Waals surface area contributed by atoms with Gasteiger partial charge in [0.15, 0.2) is 11.9 Å². The average Bonchev–Trinajstić information content (AvgIpc) is 3.03. The summed E-state index contributed by atoms with van der Waals surface area (Å²) >= 11 is 0. The second kappa shape index (κ2) is 5.34. The highest BCUT2D eigenvalue weighted by molar-refractivity contribution is 5.89. The van der Waals surface area contributed by atoms with Crippen LogP contribution in [0.15, 0.2) is 30.5 Å². The van der Waals surface area contributed by atoms with Crippen molar-refractivity contribution in [3.8, 4) is 5.75 Å². The predicted molar refractivity (Wildman–Crippen MR) is 72.9 cm³/mol. The number of aromatic amines is 1. The Kier molecular flexibility index (Phi) is 3.63. The third-order valence-electron chi connectivity index (χ3n) is 3.65. The molecule has 0 radical (unpaired) electrons. The molecule has 8 heteroatoms. The van der Waals surface area contributed by atoms with Gasteiger partial charge in [-0.1, -0.05) is 12.1 Å². The topological polar surface area (TPSA) is 132 Å². The molecule has 0 amide bonds. The van der Waals surface area contributed by atoms with E-state index in [4.69, 9.17) is 14.6 Å². The van der Waals surface area contributed by atoms with E-state index in [1.54, 1.807) is 18.2 Å². The summed E-state index contributed by atoms with van der Waals surface area (Å²) in [4.78, 5) is 15.0. The summed E-state index contributed by atoms with van der Waals surface area (Å²) in [6.07, 6.45) is -3.67. The number of para-hydroxylation sites is 1. The average molecular weight is 309 g/mol. The number of carbonyl (C=O) groups is 1. The second-order valence-electron chi connectivity index (χ2n) is 5.10. The standard InChI is InChI=1S/C14H15NO7/c16-6-14(20)12(18)10(17)11(22-14)13(19)21-9-5-15-8-4-2-1-3-7(8)9/h1-5,10-12,15-18,20H,6H2/t10-,11-,12+,14-/m1/s1. The number of aliphatic hydroxyl groups excluding tert-OH is 3. The number of H-pyrrole nitrogens is 1. The van der Waals surface area contributed by atoms with Crippen molar-refractivity contribution >= 4 is 16.9 Å². The van der Waals surface area contributed by atoms with E-state index in [0.717, 1.165) is 5.52 Å². The highest BCUT2D eigenvalue weighted by atomic mass is 16.7. The lowest BCUT2D eigenvalue weighted by molar-refractivity contribution is -0.246. The fraction of sp³-hybridized carbons (Fsp3) is 0.357. The number of fused-ring (bicyclic) bond motifs is 1. The van der Waals surface area contributed by atoms with Gasteiger partial charge >= 0.3 is 5.97 Å². The van der Waals surface area contributed by atoms with Crippen LogP contribution in [-0.4, -0.2) is 62.1 Å². The number of hydrogen-bond acceptors (Lipinski definition) is 7. The molecule has 1 fully saturated rings. The lowest BCUT2D eigenvalue weighted by Crippen LogP contribution is -2.46. The van der Waals surface area contributed by atoms with Crippen LogP contribution in [0.5, 0.6) is 5.75 Å². The van der Waals surface area contributed by atoms with E-state index < -0.39 is 36.7 Å². The van der Waals surface area contributed by atoms with Crippen molar-refractivity contribution in [1.82, 2.24) is 4.98 Å². The maximum Gasteiger partial charge on any atom is 0.343 e. The quantitative estimate of drug-likeness (QED) is 0.453. The summed E-state index contributed by atoms with van der Waals surface area (Å²) in [6, 6.07) is 7.11. The number of rotatable bonds is 3. The lowest BCUT2D eigenvalue weighted by atomic mass is 10.1. The normalized spacial score (nSPS) is 31.5. The van der Waals surface area contributed by atoms with E-state index >= 15 is 0 Å². The van der Waals surface area contributed by atoms with Crippen LogP contribution in [0.4, 0.5) is 0 Å². The molecule has 1 aliphatic heterocycles. The predicted octanol–water partition coefficient (Wildman–Crippen LogP) is -1.13. The maximum absolute atomic E-state index is 12.1. The van der Waals surface area contributed by atoms with Crippen molar-refractivity contribution in [2.45, 2.75) is 24.1 Å². The van der Waals surface area contributed by atoms with E-state index in [1.807, 2.05) is 6.07 Å². The van der Waals surface area contributed by atoms with Crippen LogP contribution in [0.3, 0.4) is 0 Å². The largest absolute Gasteiger partial charge is 0.422 e.